The van der Waals surface area contributed by atoms with Gasteiger partial charge in [-0.3, -0.25) is 10.1 Å². The number of hydrogen-bond acceptors (Lipinski definition) is 9. The Hall–Kier alpha value is -4.19. The maximum atomic E-state index is 16.5. The van der Waals surface area contributed by atoms with Crippen molar-refractivity contribution in [3.8, 4) is 17.2 Å². The molecule has 6 rings (SSSR count). The fourth-order valence-corrected chi connectivity index (χ4v) is 7.74. The van der Waals surface area contributed by atoms with E-state index in [0.717, 1.165) is 17.4 Å². The van der Waals surface area contributed by atoms with E-state index in [2.05, 4.69) is 10.7 Å². The summed E-state index contributed by atoms with van der Waals surface area (Å²) in [6.45, 7) is 11.5. The van der Waals surface area contributed by atoms with Gasteiger partial charge in [0.2, 0.25) is 0 Å². The van der Waals surface area contributed by atoms with Gasteiger partial charge in [-0.15, -0.1) is 11.3 Å². The fraction of sp³-hybridized carbons (Fsp3) is 0.455. The second kappa shape index (κ2) is 12.0. The van der Waals surface area contributed by atoms with Crippen molar-refractivity contribution < 1.29 is 32.6 Å². The predicted molar refractivity (Wildman–Crippen MR) is 178 cm³/mol. The number of ether oxygens (including phenoxy) is 2. The highest BCUT2D eigenvalue weighted by atomic mass is 35.5. The number of amides is 3. The Morgan fingerprint density at radius 2 is 1.77 bits per heavy atom. The third-order valence-electron chi connectivity index (χ3n) is 8.18. The van der Waals surface area contributed by atoms with Crippen LogP contribution in [0.15, 0.2) is 18.2 Å². The average Bonchev–Trinajstić information content (AvgIpc) is 3.51. The monoisotopic (exact) mass is 700 g/mol. The molecule has 1 unspecified atom stereocenters. The molecule has 254 valence electrons. The molecule has 1 fully saturated rings. The van der Waals surface area contributed by atoms with Gasteiger partial charge in [-0.1, -0.05) is 17.7 Å². The van der Waals surface area contributed by atoms with E-state index >= 15 is 8.78 Å². The van der Waals surface area contributed by atoms with Crippen molar-refractivity contribution in [2.24, 2.45) is 0 Å². The number of alkyl halides is 1. The van der Waals surface area contributed by atoms with Gasteiger partial charge in [-0.05, 0) is 65.7 Å². The normalized spacial score (nSPS) is 19.3. The average molecular weight is 701 g/mol. The summed E-state index contributed by atoms with van der Waals surface area (Å²) in [5.74, 6) is -1.87. The van der Waals surface area contributed by atoms with E-state index < -0.39 is 46.4 Å². The summed E-state index contributed by atoms with van der Waals surface area (Å²) in [5, 5.41) is 14.6. The highest BCUT2D eigenvalue weighted by Crippen LogP contribution is 2.50. The van der Waals surface area contributed by atoms with Crippen LogP contribution in [0.25, 0.3) is 21.2 Å². The van der Waals surface area contributed by atoms with Crippen LogP contribution in [0.4, 0.5) is 29.1 Å². The summed E-state index contributed by atoms with van der Waals surface area (Å²) in [7, 11) is 0. The molecule has 3 amide bonds. The molecule has 48 heavy (non-hydrogen) atoms. The van der Waals surface area contributed by atoms with Crippen LogP contribution < -0.4 is 15.8 Å². The van der Waals surface area contributed by atoms with Crippen molar-refractivity contribution in [3.63, 3.8) is 0 Å². The molecule has 0 saturated carbocycles. The van der Waals surface area contributed by atoms with Gasteiger partial charge in [0, 0.05) is 42.7 Å². The maximum absolute atomic E-state index is 16.5. The first-order chi connectivity index (χ1) is 22.5. The summed E-state index contributed by atoms with van der Waals surface area (Å²) in [6.07, 6.45) is -0.824. The molecule has 0 bridgehead atoms. The van der Waals surface area contributed by atoms with Crippen molar-refractivity contribution in [3.05, 3.63) is 46.5 Å². The highest BCUT2D eigenvalue weighted by Gasteiger charge is 2.43. The zero-order valence-electron chi connectivity index (χ0n) is 27.3. The first-order valence-corrected chi connectivity index (χ1v) is 16.7. The second-order valence-corrected chi connectivity index (χ2v) is 15.4. The fourth-order valence-electron chi connectivity index (χ4n) is 6.34. The van der Waals surface area contributed by atoms with Crippen LogP contribution in [0.3, 0.4) is 0 Å². The molecule has 3 aliphatic rings. The molecule has 15 heteroatoms. The first kappa shape index (κ1) is 33.7. The van der Waals surface area contributed by atoms with E-state index in [1.165, 1.54) is 12.1 Å². The zero-order valence-corrected chi connectivity index (χ0v) is 28.9. The van der Waals surface area contributed by atoms with Crippen molar-refractivity contribution >= 4 is 61.8 Å². The quantitative estimate of drug-likeness (QED) is 0.214. The van der Waals surface area contributed by atoms with Crippen LogP contribution in [-0.4, -0.2) is 71.3 Å². The number of piperazine rings is 1. The van der Waals surface area contributed by atoms with Crippen LogP contribution in [0.1, 0.15) is 74.9 Å². The number of hydrazine groups is 1. The molecule has 2 atom stereocenters. The topological polar surface area (TPSA) is 127 Å². The molecule has 3 aromatic rings. The number of halogens is 3. The Kier molecular flexibility index (Phi) is 8.46. The Morgan fingerprint density at radius 1 is 1.06 bits per heavy atom. The van der Waals surface area contributed by atoms with Crippen LogP contribution in [0, 0.1) is 23.0 Å². The molecular weight excluding hydrogens is 666 g/mol. The van der Waals surface area contributed by atoms with E-state index in [0.29, 0.717) is 18.7 Å². The van der Waals surface area contributed by atoms with Crippen LogP contribution in [0.5, 0.6) is 0 Å². The smallest absolute Gasteiger partial charge is 0.412 e. The number of carbonyl (C=O) groups is 3. The van der Waals surface area contributed by atoms with Crippen molar-refractivity contribution in [1.29, 1.82) is 5.26 Å². The Morgan fingerprint density at radius 3 is 2.44 bits per heavy atom. The van der Waals surface area contributed by atoms with Gasteiger partial charge < -0.3 is 24.3 Å². The minimum atomic E-state index is -0.978. The summed E-state index contributed by atoms with van der Waals surface area (Å²) >= 11 is 7.68. The number of benzene rings is 2. The first-order valence-electron chi connectivity index (χ1n) is 15.5. The zero-order chi connectivity index (χ0) is 34.9. The van der Waals surface area contributed by atoms with Gasteiger partial charge >= 0.3 is 12.2 Å². The number of thiophene rings is 1. The predicted octanol–water partition coefficient (Wildman–Crippen LogP) is 7.09. The number of nitrogens with zero attached hydrogens (tertiary/aromatic N) is 4. The number of rotatable bonds is 2. The van der Waals surface area contributed by atoms with Gasteiger partial charge in [0.15, 0.2) is 0 Å². The van der Waals surface area contributed by atoms with Crippen molar-refractivity contribution in [2.45, 2.75) is 70.7 Å². The second-order valence-electron chi connectivity index (χ2n) is 13.9. The molecule has 1 saturated heterocycles. The van der Waals surface area contributed by atoms with Gasteiger partial charge in [0.25, 0.3) is 5.91 Å². The minimum Gasteiger partial charge on any atom is -0.444 e. The number of anilines is 2. The van der Waals surface area contributed by atoms with E-state index in [4.69, 9.17) is 21.1 Å². The van der Waals surface area contributed by atoms with E-state index in [1.54, 1.807) is 56.4 Å². The summed E-state index contributed by atoms with van der Waals surface area (Å²) in [5.41, 5.74) is 1.54. The summed E-state index contributed by atoms with van der Waals surface area (Å²) in [6, 6.07) is 5.37. The third-order valence-corrected chi connectivity index (χ3v) is 9.61. The Balaban J connectivity index is 1.43. The third kappa shape index (κ3) is 6.10. The molecule has 2 N–H and O–H groups in total. The van der Waals surface area contributed by atoms with Gasteiger partial charge in [-0.2, -0.15) is 5.26 Å². The van der Waals surface area contributed by atoms with Crippen LogP contribution in [-0.2, 0) is 9.47 Å². The van der Waals surface area contributed by atoms with Gasteiger partial charge in [0.05, 0.1) is 27.6 Å². The van der Waals surface area contributed by atoms with Crippen molar-refractivity contribution in [2.75, 3.05) is 36.5 Å². The molecule has 11 nitrogen and oxygen atoms in total. The molecule has 0 aliphatic carbocycles. The van der Waals surface area contributed by atoms with Crippen LogP contribution >= 0.6 is 22.9 Å². The lowest BCUT2D eigenvalue weighted by Gasteiger charge is -2.43. The van der Waals surface area contributed by atoms with E-state index in [1.807, 2.05) is 6.07 Å². The Labute approximate surface area is 285 Å². The standard InChI is InChI=1S/C33H35ClF2N6O5S/c1-32(2,3)46-30(44)38-28-19(14-37)22-17(7-8-20(35)26(22)48-28)23-21(36)13-18-25-24(23)27(34)39-42(25)10-9-16-15-40(11-12-41(16)29(18)43)31(45)47-33(4,5)6/h7-8,13,16,27,39H,9-12,15H2,1-6H3,(H,38,44)/t16-,27?/m0/s1. The number of nitrogens with one attached hydrogen (secondary N) is 2. The lowest BCUT2D eigenvalue weighted by Crippen LogP contribution is -2.58. The molecule has 0 radical (unpaired) electrons. The molecule has 0 spiro atoms. The molecule has 1 aromatic heterocycles. The largest absolute Gasteiger partial charge is 0.444 e. The number of hydrogen-bond donors (Lipinski definition) is 2. The van der Waals surface area contributed by atoms with Gasteiger partial charge in [0.1, 0.15) is 39.4 Å². The summed E-state index contributed by atoms with van der Waals surface area (Å²) in [4.78, 5) is 42.8. The number of carbonyl (C=O) groups excluding carboxylic acids is 3. The Bertz CT molecular complexity index is 1900. The highest BCUT2D eigenvalue weighted by molar-refractivity contribution is 7.23. The lowest BCUT2D eigenvalue weighted by atomic mass is 9.90. The molecule has 4 heterocycles. The van der Waals surface area contributed by atoms with Crippen molar-refractivity contribution in [1.82, 2.24) is 15.2 Å². The van der Waals surface area contributed by atoms with Gasteiger partial charge in [-0.25, -0.2) is 23.8 Å². The number of fused-ring (bicyclic) bond motifs is 2. The molecule has 2 aromatic carbocycles. The van der Waals surface area contributed by atoms with Crippen LogP contribution in [0.2, 0.25) is 0 Å². The lowest BCUT2D eigenvalue weighted by molar-refractivity contribution is 0.00342. The SMILES string of the molecule is CC(C)(C)OC(=O)Nc1sc2c(F)ccc(-c3c(F)cc4c5c3C(Cl)NN5CC[C@H]3CN(C(=O)OC(C)(C)C)CCN3C4=O)c2c1C#N. The molecular formula is C33H35ClF2N6O5S. The van der Waals surface area contributed by atoms with E-state index in [-0.39, 0.29) is 68.6 Å². The minimum absolute atomic E-state index is 0.00605. The number of nitriles is 1. The van der Waals surface area contributed by atoms with E-state index in [9.17, 15) is 19.6 Å². The maximum Gasteiger partial charge on any atom is 0.412 e. The summed E-state index contributed by atoms with van der Waals surface area (Å²) < 4.78 is 42.7. The molecule has 3 aliphatic heterocycles.